The van der Waals surface area contributed by atoms with Crippen molar-refractivity contribution < 1.29 is 23.8 Å². The second-order valence-electron chi connectivity index (χ2n) is 10.8. The summed E-state index contributed by atoms with van der Waals surface area (Å²) < 4.78 is 18.4. The fourth-order valence-electron chi connectivity index (χ4n) is 5.93. The molecule has 7 atom stereocenters. The summed E-state index contributed by atoms with van der Waals surface area (Å²) in [4.78, 5) is 12.0. The second-order valence-corrected chi connectivity index (χ2v) is 16.2. The van der Waals surface area contributed by atoms with Crippen LogP contribution in [0.4, 0.5) is 0 Å². The van der Waals surface area contributed by atoms with E-state index in [1.165, 1.54) is 7.11 Å². The van der Waals surface area contributed by atoms with Crippen molar-refractivity contribution in [2.24, 2.45) is 17.8 Å². The van der Waals surface area contributed by atoms with Crippen LogP contribution in [0.2, 0.25) is 16.6 Å². The Kier molecular flexibility index (Phi) is 9.00. The first-order valence-electron chi connectivity index (χ1n) is 12.0. The van der Waals surface area contributed by atoms with Crippen LogP contribution in [0.3, 0.4) is 0 Å². The zero-order chi connectivity index (χ0) is 22.8. The van der Waals surface area contributed by atoms with Crippen LogP contribution in [0.25, 0.3) is 0 Å². The molecule has 0 radical (unpaired) electrons. The molecule has 30 heavy (non-hydrogen) atoms. The van der Waals surface area contributed by atoms with Gasteiger partial charge in [-0.3, -0.25) is 4.79 Å². The number of carbonyl (C=O) groups excluding carboxylic acids is 1. The summed E-state index contributed by atoms with van der Waals surface area (Å²) in [6, 6.07) is 0. The summed E-state index contributed by atoms with van der Waals surface area (Å²) in [6.45, 7) is 18.2. The lowest BCUT2D eigenvalue weighted by atomic mass is 9.87. The maximum atomic E-state index is 12.0. The number of carbonyl (C=O) groups is 1. The van der Waals surface area contributed by atoms with E-state index in [9.17, 15) is 9.90 Å². The zero-order valence-corrected chi connectivity index (χ0v) is 21.7. The van der Waals surface area contributed by atoms with Gasteiger partial charge in [0.1, 0.15) is 0 Å². The Morgan fingerprint density at radius 3 is 2.03 bits per heavy atom. The SMILES string of the molecule is COC(=O)C[C@@H]1O[C@H](C[C@H](O)[C@@H]2C[C@H]2C)C[C@H](O[Si](C(C)C)(C(C)C)C(C)C)[C@H]1C. The maximum Gasteiger partial charge on any atom is 0.308 e. The Hall–Kier alpha value is -0.433. The van der Waals surface area contributed by atoms with Crippen LogP contribution in [0, 0.1) is 17.8 Å². The number of esters is 1. The van der Waals surface area contributed by atoms with Crippen molar-refractivity contribution in [2.75, 3.05) is 7.11 Å². The molecule has 5 nitrogen and oxygen atoms in total. The van der Waals surface area contributed by atoms with Gasteiger partial charge in [-0.1, -0.05) is 55.4 Å². The highest BCUT2D eigenvalue weighted by Gasteiger charge is 2.50. The van der Waals surface area contributed by atoms with E-state index in [1.807, 2.05) is 0 Å². The van der Waals surface area contributed by atoms with E-state index in [4.69, 9.17) is 13.9 Å². The molecule has 2 rings (SSSR count). The van der Waals surface area contributed by atoms with Crippen molar-refractivity contribution >= 4 is 14.3 Å². The Morgan fingerprint density at radius 1 is 1.07 bits per heavy atom. The van der Waals surface area contributed by atoms with Crippen molar-refractivity contribution in [3.8, 4) is 0 Å². The molecule has 176 valence electrons. The number of rotatable bonds is 10. The molecule has 1 aliphatic carbocycles. The standard InChI is InChI=1S/C24H46O5Si/c1-14(2)30(15(3)4,16(5)6)29-23-12-19(11-21(25)20-10-17(20)7)28-22(18(23)8)13-24(26)27-9/h14-23,25H,10-13H2,1-9H3/t17-,18+,19-,20-,21+,22+,23+/m1/s1. The Bertz CT molecular complexity index is 542. The third-order valence-electron chi connectivity index (χ3n) is 7.86. The molecule has 1 saturated carbocycles. The molecular formula is C24H46O5Si. The molecule has 0 aromatic rings. The minimum Gasteiger partial charge on any atom is -0.469 e. The third-order valence-corrected chi connectivity index (χ3v) is 14.0. The van der Waals surface area contributed by atoms with Gasteiger partial charge in [-0.25, -0.2) is 0 Å². The average Bonchev–Trinajstić information content (AvgIpc) is 3.38. The highest BCUT2D eigenvalue weighted by molar-refractivity contribution is 6.77. The first kappa shape index (κ1) is 25.8. The van der Waals surface area contributed by atoms with E-state index in [1.54, 1.807) is 0 Å². The second kappa shape index (κ2) is 10.5. The van der Waals surface area contributed by atoms with Gasteiger partial charge in [0, 0.05) is 5.92 Å². The maximum absolute atomic E-state index is 12.0. The van der Waals surface area contributed by atoms with E-state index in [0.717, 1.165) is 12.8 Å². The lowest BCUT2D eigenvalue weighted by Gasteiger charge is -2.49. The summed E-state index contributed by atoms with van der Waals surface area (Å²) in [6.07, 6.45) is 2.14. The van der Waals surface area contributed by atoms with Crippen LogP contribution in [-0.4, -0.2) is 50.9 Å². The molecule has 0 aromatic heterocycles. The molecule has 1 N–H and O–H groups in total. The van der Waals surface area contributed by atoms with Crippen molar-refractivity contribution in [3.05, 3.63) is 0 Å². The monoisotopic (exact) mass is 442 g/mol. The van der Waals surface area contributed by atoms with E-state index in [2.05, 4.69) is 55.4 Å². The molecule has 6 heteroatoms. The first-order valence-corrected chi connectivity index (χ1v) is 14.2. The van der Waals surface area contributed by atoms with Gasteiger partial charge in [-0.2, -0.15) is 0 Å². The third kappa shape index (κ3) is 5.67. The largest absolute Gasteiger partial charge is 0.469 e. The molecule has 2 aliphatic rings. The highest BCUT2D eigenvalue weighted by Crippen LogP contribution is 2.47. The van der Waals surface area contributed by atoms with E-state index >= 15 is 0 Å². The fraction of sp³-hybridized carbons (Fsp3) is 0.958. The molecule has 0 bridgehead atoms. The molecule has 0 amide bonds. The van der Waals surface area contributed by atoms with Gasteiger partial charge in [0.2, 0.25) is 8.32 Å². The van der Waals surface area contributed by atoms with Crippen LogP contribution >= 0.6 is 0 Å². The number of aliphatic hydroxyl groups excluding tert-OH is 1. The lowest BCUT2D eigenvalue weighted by Crippen LogP contribution is -2.55. The molecule has 1 saturated heterocycles. The number of aliphatic hydroxyl groups is 1. The summed E-state index contributed by atoms with van der Waals surface area (Å²) >= 11 is 0. The van der Waals surface area contributed by atoms with E-state index < -0.39 is 8.32 Å². The molecule has 0 spiro atoms. The van der Waals surface area contributed by atoms with Crippen LogP contribution in [0.1, 0.15) is 81.1 Å². The minimum absolute atomic E-state index is 0.0427. The Labute approximate surface area is 185 Å². The van der Waals surface area contributed by atoms with Crippen molar-refractivity contribution in [2.45, 2.75) is 122 Å². The summed E-state index contributed by atoms with van der Waals surface area (Å²) in [7, 11) is -0.635. The number of hydrogen-bond donors (Lipinski definition) is 1. The summed E-state index contributed by atoms with van der Waals surface area (Å²) in [5, 5.41) is 10.7. The number of ether oxygens (including phenoxy) is 2. The molecule has 1 heterocycles. The van der Waals surface area contributed by atoms with Crippen LogP contribution in [0.15, 0.2) is 0 Å². The molecule has 2 fully saturated rings. The van der Waals surface area contributed by atoms with E-state index in [-0.39, 0.29) is 42.7 Å². The topological polar surface area (TPSA) is 65.0 Å². The van der Waals surface area contributed by atoms with E-state index in [0.29, 0.717) is 34.9 Å². The first-order chi connectivity index (χ1) is 13.9. The quantitative estimate of drug-likeness (QED) is 0.367. The molecule has 1 aliphatic heterocycles. The molecule has 0 unspecified atom stereocenters. The number of methoxy groups -OCH3 is 1. The number of hydrogen-bond acceptors (Lipinski definition) is 5. The smallest absolute Gasteiger partial charge is 0.308 e. The Balaban J connectivity index is 2.23. The zero-order valence-electron chi connectivity index (χ0n) is 20.7. The highest BCUT2D eigenvalue weighted by atomic mass is 28.4. The predicted octanol–water partition coefficient (Wildman–Crippen LogP) is 5.31. The average molecular weight is 443 g/mol. The van der Waals surface area contributed by atoms with Gasteiger partial charge in [0.25, 0.3) is 0 Å². The predicted molar refractivity (Wildman–Crippen MR) is 123 cm³/mol. The lowest BCUT2D eigenvalue weighted by molar-refractivity contribution is -0.161. The molecule has 0 aromatic carbocycles. The van der Waals surface area contributed by atoms with Gasteiger partial charge in [-0.15, -0.1) is 0 Å². The van der Waals surface area contributed by atoms with Gasteiger partial charge in [-0.05, 0) is 47.7 Å². The Morgan fingerprint density at radius 2 is 1.60 bits per heavy atom. The van der Waals surface area contributed by atoms with Gasteiger partial charge in [0.15, 0.2) is 0 Å². The summed E-state index contributed by atoms with van der Waals surface area (Å²) in [5.41, 5.74) is 1.51. The van der Waals surface area contributed by atoms with Crippen molar-refractivity contribution in [3.63, 3.8) is 0 Å². The van der Waals surface area contributed by atoms with Crippen molar-refractivity contribution in [1.82, 2.24) is 0 Å². The van der Waals surface area contributed by atoms with Crippen molar-refractivity contribution in [1.29, 1.82) is 0 Å². The van der Waals surface area contributed by atoms with Crippen LogP contribution in [-0.2, 0) is 18.7 Å². The van der Waals surface area contributed by atoms with Gasteiger partial charge in [0.05, 0.1) is 37.9 Å². The minimum atomic E-state index is -2.06. The normalized spacial score (nSPS) is 33.2. The fourth-order valence-corrected chi connectivity index (χ4v) is 11.6. The van der Waals surface area contributed by atoms with Crippen LogP contribution in [0.5, 0.6) is 0 Å². The van der Waals surface area contributed by atoms with Gasteiger partial charge >= 0.3 is 5.97 Å². The molecular weight excluding hydrogens is 396 g/mol. The summed E-state index contributed by atoms with van der Waals surface area (Å²) in [5.74, 6) is 0.855. The van der Waals surface area contributed by atoms with Gasteiger partial charge < -0.3 is 19.0 Å². The van der Waals surface area contributed by atoms with Crippen LogP contribution < -0.4 is 0 Å².